The maximum absolute atomic E-state index is 12.4. The largest absolute Gasteiger partial charge is 0.365 e. The number of fused-ring (bicyclic) bond motifs is 1. The normalized spacial score (nSPS) is 14.3. The van der Waals surface area contributed by atoms with Crippen molar-refractivity contribution in [1.82, 2.24) is 25.1 Å². The van der Waals surface area contributed by atoms with E-state index in [1.807, 2.05) is 41.9 Å². The summed E-state index contributed by atoms with van der Waals surface area (Å²) < 4.78 is 1.99. The van der Waals surface area contributed by atoms with Crippen LogP contribution < -0.4 is 10.6 Å². The second-order valence-corrected chi connectivity index (χ2v) is 7.25. The highest BCUT2D eigenvalue weighted by molar-refractivity contribution is 5.96. The summed E-state index contributed by atoms with van der Waals surface area (Å²) in [5.41, 5.74) is 4.36. The van der Waals surface area contributed by atoms with Gasteiger partial charge in [-0.05, 0) is 33.3 Å². The zero-order chi connectivity index (χ0) is 19.7. The fourth-order valence-corrected chi connectivity index (χ4v) is 3.53. The minimum atomic E-state index is -0.143. The summed E-state index contributed by atoms with van der Waals surface area (Å²) in [5, 5.41) is 10.9. The number of aromatic nitrogens is 4. The quantitative estimate of drug-likeness (QED) is 0.715. The predicted molar refractivity (Wildman–Crippen MR) is 108 cm³/mol. The number of carbonyl (C=O) groups excluding carboxylic acids is 1. The third-order valence-electron chi connectivity index (χ3n) is 4.85. The smallest absolute Gasteiger partial charge is 0.270 e. The van der Waals surface area contributed by atoms with Gasteiger partial charge in [0, 0.05) is 29.4 Å². The predicted octanol–water partition coefficient (Wildman–Crippen LogP) is 2.74. The van der Waals surface area contributed by atoms with Crippen LogP contribution in [-0.2, 0) is 13.0 Å². The van der Waals surface area contributed by atoms with Gasteiger partial charge in [0.25, 0.3) is 5.91 Å². The Hall–Kier alpha value is -3.22. The lowest BCUT2D eigenvalue weighted by atomic mass is 10.1. The molecule has 0 bridgehead atoms. The van der Waals surface area contributed by atoms with E-state index in [0.717, 1.165) is 28.3 Å². The molecule has 7 nitrogen and oxygen atoms in total. The molecule has 1 unspecified atom stereocenters. The molecule has 1 aliphatic rings. The van der Waals surface area contributed by atoms with Gasteiger partial charge in [0.1, 0.15) is 11.5 Å². The van der Waals surface area contributed by atoms with Crippen LogP contribution in [0.1, 0.15) is 34.4 Å². The monoisotopic (exact) mass is 376 g/mol. The Balaban J connectivity index is 1.68. The maximum Gasteiger partial charge on any atom is 0.270 e. The summed E-state index contributed by atoms with van der Waals surface area (Å²) in [7, 11) is 0. The highest BCUT2D eigenvalue weighted by Gasteiger charge is 2.25. The van der Waals surface area contributed by atoms with E-state index in [2.05, 4.69) is 40.6 Å². The van der Waals surface area contributed by atoms with Gasteiger partial charge in [-0.2, -0.15) is 5.10 Å². The second kappa shape index (κ2) is 7.42. The standard InChI is InChI=1S/C21H24N6O/c1-13-11-15(3)27(26-13)12-14(2)23-20-17-9-10-22-21(28)18(17)24-19(25-20)16-7-5-4-6-8-16/h4-8,11,14H,9-10,12H2,1-3H3,(H,22,28)(H,23,24,25). The van der Waals surface area contributed by atoms with Crippen LogP contribution in [0.3, 0.4) is 0 Å². The first-order valence-electron chi connectivity index (χ1n) is 9.53. The molecule has 1 aromatic carbocycles. The van der Waals surface area contributed by atoms with Crippen LogP contribution in [0.5, 0.6) is 0 Å². The molecule has 1 aliphatic heterocycles. The van der Waals surface area contributed by atoms with Crippen molar-refractivity contribution >= 4 is 11.7 Å². The van der Waals surface area contributed by atoms with E-state index in [9.17, 15) is 4.79 Å². The number of hydrogen-bond acceptors (Lipinski definition) is 5. The average molecular weight is 376 g/mol. The van der Waals surface area contributed by atoms with Crippen LogP contribution in [0.2, 0.25) is 0 Å². The van der Waals surface area contributed by atoms with Crippen molar-refractivity contribution in [2.24, 2.45) is 0 Å². The highest BCUT2D eigenvalue weighted by atomic mass is 16.1. The molecule has 3 aromatic rings. The number of hydrogen-bond donors (Lipinski definition) is 2. The lowest BCUT2D eigenvalue weighted by Crippen LogP contribution is -2.35. The van der Waals surface area contributed by atoms with Crippen LogP contribution in [-0.4, -0.2) is 38.2 Å². The minimum absolute atomic E-state index is 0.0885. The molecule has 4 rings (SSSR count). The van der Waals surface area contributed by atoms with Gasteiger partial charge < -0.3 is 10.6 Å². The van der Waals surface area contributed by atoms with Crippen molar-refractivity contribution < 1.29 is 4.79 Å². The molecular weight excluding hydrogens is 352 g/mol. The van der Waals surface area contributed by atoms with Crippen LogP contribution in [0.15, 0.2) is 36.4 Å². The topological polar surface area (TPSA) is 84.7 Å². The van der Waals surface area contributed by atoms with Crippen molar-refractivity contribution in [2.45, 2.75) is 39.8 Å². The summed E-state index contributed by atoms with van der Waals surface area (Å²) in [5.74, 6) is 1.14. The molecule has 0 aliphatic carbocycles. The molecule has 2 aromatic heterocycles. The molecule has 2 N–H and O–H groups in total. The number of nitrogens with zero attached hydrogens (tertiary/aromatic N) is 4. The van der Waals surface area contributed by atoms with E-state index >= 15 is 0 Å². The van der Waals surface area contributed by atoms with E-state index in [0.29, 0.717) is 31.0 Å². The zero-order valence-corrected chi connectivity index (χ0v) is 16.4. The average Bonchev–Trinajstić information content (AvgIpc) is 2.99. The van der Waals surface area contributed by atoms with Gasteiger partial charge in [-0.15, -0.1) is 0 Å². The number of carbonyl (C=O) groups is 1. The van der Waals surface area contributed by atoms with Gasteiger partial charge in [0.05, 0.1) is 12.2 Å². The van der Waals surface area contributed by atoms with Gasteiger partial charge >= 0.3 is 0 Å². The number of anilines is 1. The van der Waals surface area contributed by atoms with Crippen molar-refractivity contribution in [2.75, 3.05) is 11.9 Å². The fourth-order valence-electron chi connectivity index (χ4n) is 3.53. The molecule has 0 spiro atoms. The van der Waals surface area contributed by atoms with Crippen LogP contribution in [0, 0.1) is 13.8 Å². The molecule has 0 radical (unpaired) electrons. The van der Waals surface area contributed by atoms with E-state index in [1.165, 1.54) is 0 Å². The first-order valence-corrected chi connectivity index (χ1v) is 9.53. The third-order valence-corrected chi connectivity index (χ3v) is 4.85. The lowest BCUT2D eigenvalue weighted by molar-refractivity contribution is 0.0940. The van der Waals surface area contributed by atoms with E-state index in [4.69, 9.17) is 4.98 Å². The van der Waals surface area contributed by atoms with Gasteiger partial charge in [-0.1, -0.05) is 30.3 Å². The Morgan fingerprint density at radius 2 is 2.00 bits per heavy atom. The van der Waals surface area contributed by atoms with Crippen molar-refractivity contribution in [3.05, 3.63) is 59.0 Å². The Bertz CT molecular complexity index is 1010. The summed E-state index contributed by atoms with van der Waals surface area (Å²) >= 11 is 0. The molecule has 1 amide bonds. The molecule has 28 heavy (non-hydrogen) atoms. The summed E-state index contributed by atoms with van der Waals surface area (Å²) in [6.07, 6.45) is 0.713. The first-order chi connectivity index (χ1) is 13.5. The highest BCUT2D eigenvalue weighted by Crippen LogP contribution is 2.25. The molecular formula is C21H24N6O. The van der Waals surface area contributed by atoms with Crippen LogP contribution in [0.25, 0.3) is 11.4 Å². The van der Waals surface area contributed by atoms with Gasteiger partial charge in [-0.3, -0.25) is 9.48 Å². The second-order valence-electron chi connectivity index (χ2n) is 7.25. The van der Waals surface area contributed by atoms with E-state index in [1.54, 1.807) is 0 Å². The Labute approximate surface area is 164 Å². The molecule has 3 heterocycles. The lowest BCUT2D eigenvalue weighted by Gasteiger charge is -2.23. The number of rotatable bonds is 5. The summed E-state index contributed by atoms with van der Waals surface area (Å²) in [6, 6.07) is 11.9. The SMILES string of the molecule is Cc1cc(C)n(CC(C)Nc2nc(-c3ccccc3)nc3c2CCNC3=O)n1. The van der Waals surface area contributed by atoms with E-state index in [-0.39, 0.29) is 11.9 Å². The number of aryl methyl sites for hydroxylation is 2. The van der Waals surface area contributed by atoms with E-state index < -0.39 is 0 Å². The minimum Gasteiger partial charge on any atom is -0.365 e. The third kappa shape index (κ3) is 3.60. The van der Waals surface area contributed by atoms with Crippen molar-refractivity contribution in [1.29, 1.82) is 0 Å². The zero-order valence-electron chi connectivity index (χ0n) is 16.4. The molecule has 7 heteroatoms. The molecule has 0 saturated carbocycles. The van der Waals surface area contributed by atoms with Gasteiger partial charge in [0.2, 0.25) is 0 Å². The Kier molecular flexibility index (Phi) is 4.81. The van der Waals surface area contributed by atoms with Crippen LogP contribution >= 0.6 is 0 Å². The van der Waals surface area contributed by atoms with Crippen molar-refractivity contribution in [3.63, 3.8) is 0 Å². The number of nitrogens with one attached hydrogen (secondary N) is 2. The molecule has 0 fully saturated rings. The first kappa shape index (κ1) is 18.2. The van der Waals surface area contributed by atoms with Crippen LogP contribution in [0.4, 0.5) is 5.82 Å². The van der Waals surface area contributed by atoms with Crippen molar-refractivity contribution in [3.8, 4) is 11.4 Å². The number of amides is 1. The summed E-state index contributed by atoms with van der Waals surface area (Å²) in [6.45, 7) is 7.45. The molecule has 0 saturated heterocycles. The fraction of sp³-hybridized carbons (Fsp3) is 0.333. The number of benzene rings is 1. The molecule has 144 valence electrons. The van der Waals surface area contributed by atoms with Gasteiger partial charge in [0.15, 0.2) is 5.82 Å². The van der Waals surface area contributed by atoms with Gasteiger partial charge in [-0.25, -0.2) is 9.97 Å². The summed E-state index contributed by atoms with van der Waals surface area (Å²) in [4.78, 5) is 21.7. The molecule has 1 atom stereocenters. The Morgan fingerprint density at radius 1 is 1.21 bits per heavy atom. The Morgan fingerprint density at radius 3 is 2.71 bits per heavy atom. The maximum atomic E-state index is 12.4.